The predicted molar refractivity (Wildman–Crippen MR) is 71.3 cm³/mol. The van der Waals surface area contributed by atoms with Crippen molar-refractivity contribution in [2.45, 2.75) is 19.4 Å². The molecule has 0 saturated carbocycles. The fourth-order valence-electron chi connectivity index (χ4n) is 3.06. The molecule has 104 valence electrons. The van der Waals surface area contributed by atoms with E-state index in [2.05, 4.69) is 4.74 Å². The number of hydrogen-bond donors (Lipinski definition) is 1. The molecule has 0 amide bonds. The maximum atomic E-state index is 11.7. The second kappa shape index (κ2) is 4.56. The molecular formula is C16H16O4. The first-order valence-electron chi connectivity index (χ1n) is 6.69. The minimum absolute atomic E-state index is 0.412. The van der Waals surface area contributed by atoms with Crippen LogP contribution in [0.5, 0.6) is 0 Å². The summed E-state index contributed by atoms with van der Waals surface area (Å²) in [6, 6.07) is 9.33. The molecule has 4 nitrogen and oxygen atoms in total. The van der Waals surface area contributed by atoms with E-state index in [-0.39, 0.29) is 0 Å². The molecule has 0 bridgehead atoms. The van der Waals surface area contributed by atoms with Crippen molar-refractivity contribution in [2.75, 3.05) is 0 Å². The zero-order valence-corrected chi connectivity index (χ0v) is 11.2. The van der Waals surface area contributed by atoms with E-state index in [0.29, 0.717) is 6.42 Å². The molecule has 1 heterocycles. The number of carbonyl (C=O) groups is 2. The van der Waals surface area contributed by atoms with Crippen LogP contribution < -0.4 is 0 Å². The topological polar surface area (TPSA) is 63.6 Å². The van der Waals surface area contributed by atoms with Crippen LogP contribution in [0.1, 0.15) is 25.0 Å². The number of rotatable bonds is 2. The highest BCUT2D eigenvalue weighted by molar-refractivity contribution is 5.97. The van der Waals surface area contributed by atoms with Gasteiger partial charge >= 0.3 is 11.9 Å². The summed E-state index contributed by atoms with van der Waals surface area (Å²) in [5.41, 5.74) is 0.224. The van der Waals surface area contributed by atoms with Gasteiger partial charge in [-0.15, -0.1) is 0 Å². The van der Waals surface area contributed by atoms with Crippen molar-refractivity contribution < 1.29 is 19.4 Å². The Balaban J connectivity index is 1.91. The van der Waals surface area contributed by atoms with Crippen LogP contribution in [-0.4, -0.2) is 17.0 Å². The van der Waals surface area contributed by atoms with Crippen LogP contribution >= 0.6 is 0 Å². The predicted octanol–water partition coefficient (Wildman–Crippen LogP) is 2.00. The quantitative estimate of drug-likeness (QED) is 0.508. The van der Waals surface area contributed by atoms with Gasteiger partial charge in [-0.05, 0) is 12.0 Å². The van der Waals surface area contributed by atoms with Crippen molar-refractivity contribution in [3.63, 3.8) is 0 Å². The van der Waals surface area contributed by atoms with E-state index >= 15 is 0 Å². The summed E-state index contributed by atoms with van der Waals surface area (Å²) in [7, 11) is 0. The van der Waals surface area contributed by atoms with E-state index in [1.807, 2.05) is 43.3 Å². The zero-order chi connectivity index (χ0) is 14.3. The van der Waals surface area contributed by atoms with Crippen LogP contribution in [-0.2, 0) is 14.3 Å². The number of fused-ring (bicyclic) bond motifs is 1. The number of benzene rings is 1. The minimum atomic E-state index is -0.718. The Morgan fingerprint density at radius 3 is 2.65 bits per heavy atom. The lowest BCUT2D eigenvalue weighted by Crippen LogP contribution is -2.33. The van der Waals surface area contributed by atoms with Gasteiger partial charge in [-0.3, -0.25) is 9.59 Å². The Bertz CT molecular complexity index is 577. The van der Waals surface area contributed by atoms with Crippen LogP contribution in [0.3, 0.4) is 0 Å². The second-order valence-corrected chi connectivity index (χ2v) is 5.75. The lowest BCUT2D eigenvalue weighted by molar-refractivity contribution is -0.153. The van der Waals surface area contributed by atoms with Crippen molar-refractivity contribution in [2.24, 2.45) is 17.3 Å². The molecule has 1 N–H and O–H groups in total. The molecule has 3 rings (SSSR count). The first-order chi connectivity index (χ1) is 9.51. The summed E-state index contributed by atoms with van der Waals surface area (Å²) in [5, 5.41) is 10.6. The summed E-state index contributed by atoms with van der Waals surface area (Å²) in [6.07, 6.45) is 3.23. The smallest absolute Gasteiger partial charge is 0.321 e. The molecular weight excluding hydrogens is 256 g/mol. The number of carbonyl (C=O) groups excluding carboxylic acids is 2. The lowest BCUT2D eigenvalue weighted by atomic mass is 9.67. The molecule has 0 radical (unpaired) electrons. The van der Waals surface area contributed by atoms with Crippen molar-refractivity contribution in [1.82, 2.24) is 0 Å². The zero-order valence-electron chi connectivity index (χ0n) is 11.2. The number of aliphatic hydroxyl groups is 1. The molecule has 1 fully saturated rings. The number of ether oxygens (including phenoxy) is 1. The molecule has 1 aliphatic carbocycles. The fraction of sp³-hybridized carbons (Fsp3) is 0.375. The standard InChI is InChI=1S/C16H16O4/c1-16(13(17)10-5-3-2-4-6-10)8-7-11-12(9-16)15(19)20-14(11)18/h2-8,11-13,17H,9H2,1H3/t11-,12+,13?,16+/m1/s1. The van der Waals surface area contributed by atoms with Gasteiger partial charge < -0.3 is 9.84 Å². The maximum absolute atomic E-state index is 11.7. The average molecular weight is 272 g/mol. The maximum Gasteiger partial charge on any atom is 0.321 e. The molecule has 1 aliphatic heterocycles. The fourth-order valence-corrected chi connectivity index (χ4v) is 3.06. The average Bonchev–Trinajstić information content (AvgIpc) is 2.73. The summed E-state index contributed by atoms with van der Waals surface area (Å²) in [4.78, 5) is 23.2. The number of esters is 2. The van der Waals surface area contributed by atoms with Gasteiger partial charge in [0, 0.05) is 5.41 Å². The first-order valence-corrected chi connectivity index (χ1v) is 6.69. The van der Waals surface area contributed by atoms with E-state index in [9.17, 15) is 14.7 Å². The van der Waals surface area contributed by atoms with E-state index in [1.165, 1.54) is 0 Å². The van der Waals surface area contributed by atoms with Crippen molar-refractivity contribution in [3.8, 4) is 0 Å². The highest BCUT2D eigenvalue weighted by Crippen LogP contribution is 2.47. The number of aliphatic hydroxyl groups excluding tert-OH is 1. The van der Waals surface area contributed by atoms with Crippen LogP contribution in [0.15, 0.2) is 42.5 Å². The van der Waals surface area contributed by atoms with Crippen molar-refractivity contribution in [3.05, 3.63) is 48.0 Å². The molecule has 1 aromatic rings. The van der Waals surface area contributed by atoms with Crippen LogP contribution in [0.2, 0.25) is 0 Å². The Morgan fingerprint density at radius 2 is 1.95 bits per heavy atom. The third-order valence-electron chi connectivity index (χ3n) is 4.29. The molecule has 1 unspecified atom stereocenters. The van der Waals surface area contributed by atoms with Crippen LogP contribution in [0.4, 0.5) is 0 Å². The lowest BCUT2D eigenvalue weighted by Gasteiger charge is -2.37. The number of hydrogen-bond acceptors (Lipinski definition) is 4. The van der Waals surface area contributed by atoms with Gasteiger partial charge in [0.1, 0.15) is 0 Å². The van der Waals surface area contributed by atoms with Gasteiger partial charge in [0.15, 0.2) is 0 Å². The monoisotopic (exact) mass is 272 g/mol. The van der Waals surface area contributed by atoms with Crippen molar-refractivity contribution in [1.29, 1.82) is 0 Å². The van der Waals surface area contributed by atoms with Gasteiger partial charge in [0.05, 0.1) is 17.9 Å². The molecule has 0 spiro atoms. The molecule has 20 heavy (non-hydrogen) atoms. The van der Waals surface area contributed by atoms with Crippen LogP contribution in [0, 0.1) is 17.3 Å². The second-order valence-electron chi connectivity index (χ2n) is 5.75. The molecule has 1 aromatic carbocycles. The summed E-state index contributed by atoms with van der Waals surface area (Å²) >= 11 is 0. The number of cyclic esters (lactones) is 2. The van der Waals surface area contributed by atoms with Gasteiger partial charge in [0.2, 0.25) is 0 Å². The summed E-state index contributed by atoms with van der Waals surface area (Å²) in [6.45, 7) is 1.90. The normalized spacial score (nSPS) is 33.7. The Labute approximate surface area is 117 Å². The van der Waals surface area contributed by atoms with Gasteiger partial charge in [0.25, 0.3) is 0 Å². The van der Waals surface area contributed by atoms with Gasteiger partial charge in [-0.25, -0.2) is 0 Å². The van der Waals surface area contributed by atoms with Crippen LogP contribution in [0.25, 0.3) is 0 Å². The van der Waals surface area contributed by atoms with Crippen molar-refractivity contribution >= 4 is 11.9 Å². The van der Waals surface area contributed by atoms with E-state index in [0.717, 1.165) is 5.56 Å². The molecule has 2 aliphatic rings. The van der Waals surface area contributed by atoms with E-state index in [1.54, 1.807) is 6.08 Å². The van der Waals surface area contributed by atoms with E-state index < -0.39 is 35.3 Å². The van der Waals surface area contributed by atoms with Gasteiger partial charge in [-0.2, -0.15) is 0 Å². The Hall–Kier alpha value is -1.94. The molecule has 4 atom stereocenters. The third kappa shape index (κ3) is 1.96. The Kier molecular flexibility index (Phi) is 2.98. The molecule has 0 aromatic heterocycles. The summed E-state index contributed by atoms with van der Waals surface area (Å²) < 4.78 is 4.68. The molecule has 4 heteroatoms. The highest BCUT2D eigenvalue weighted by atomic mass is 16.6. The highest BCUT2D eigenvalue weighted by Gasteiger charge is 2.50. The van der Waals surface area contributed by atoms with Gasteiger partial charge in [-0.1, -0.05) is 49.4 Å². The Morgan fingerprint density at radius 1 is 1.25 bits per heavy atom. The summed E-state index contributed by atoms with van der Waals surface area (Å²) in [5.74, 6) is -1.92. The molecule has 1 saturated heterocycles. The largest absolute Gasteiger partial charge is 0.392 e. The first kappa shape index (κ1) is 13.1. The third-order valence-corrected chi connectivity index (χ3v) is 4.29. The SMILES string of the molecule is C[C@]1(C(O)c2ccccc2)C=C[C@H]2C(=O)OC(=O)[C@H]2C1. The minimum Gasteiger partial charge on any atom is -0.392 e. The van der Waals surface area contributed by atoms with E-state index in [4.69, 9.17) is 0 Å².